The lowest BCUT2D eigenvalue weighted by molar-refractivity contribution is 0.789. The molecule has 0 heterocycles. The topological polar surface area (TPSA) is 0 Å². The van der Waals surface area contributed by atoms with Crippen molar-refractivity contribution >= 4 is 10.8 Å². The summed E-state index contributed by atoms with van der Waals surface area (Å²) in [6.45, 7) is 4.52. The van der Waals surface area contributed by atoms with Gasteiger partial charge in [0.15, 0.2) is 0 Å². The summed E-state index contributed by atoms with van der Waals surface area (Å²) in [5, 5.41) is 2.76. The second-order valence-electron chi connectivity index (χ2n) is 5.05. The summed E-state index contributed by atoms with van der Waals surface area (Å²) in [5.74, 6) is 0. The van der Waals surface area contributed by atoms with Crippen LogP contribution in [-0.2, 0) is 12.8 Å². The Bertz CT molecular complexity index is 454. The maximum absolute atomic E-state index is 3.38. The van der Waals surface area contributed by atoms with Crippen LogP contribution in [0.1, 0.15) is 50.7 Å². The molecule has 0 unspecified atom stereocenters. The van der Waals surface area contributed by atoms with Gasteiger partial charge in [0.25, 0.3) is 0 Å². The van der Waals surface area contributed by atoms with E-state index in [0.717, 1.165) is 0 Å². The predicted molar refractivity (Wildman–Crippen MR) is 80.0 cm³/mol. The van der Waals surface area contributed by atoms with E-state index >= 15 is 0 Å². The van der Waals surface area contributed by atoms with Crippen LogP contribution in [0.15, 0.2) is 30.3 Å². The van der Waals surface area contributed by atoms with Gasteiger partial charge in [-0.05, 0) is 53.6 Å². The minimum atomic E-state index is 1.20. The molecule has 0 N–H and O–H groups in total. The van der Waals surface area contributed by atoms with Crippen LogP contribution in [0, 0.1) is 6.07 Å². The fourth-order valence-electron chi connectivity index (χ4n) is 2.57. The van der Waals surface area contributed by atoms with Gasteiger partial charge in [-0.25, -0.2) is 0 Å². The van der Waals surface area contributed by atoms with Crippen LogP contribution >= 0.6 is 0 Å². The lowest BCUT2D eigenvalue weighted by Gasteiger charge is -2.11. The van der Waals surface area contributed by atoms with Gasteiger partial charge in [-0.3, -0.25) is 0 Å². The molecule has 0 aliphatic heterocycles. The van der Waals surface area contributed by atoms with E-state index in [9.17, 15) is 0 Å². The molecule has 95 valence electrons. The monoisotopic (exact) mass is 239 g/mol. The van der Waals surface area contributed by atoms with E-state index in [2.05, 4.69) is 50.2 Å². The first-order chi connectivity index (χ1) is 8.86. The van der Waals surface area contributed by atoms with E-state index in [1.165, 1.54) is 60.4 Å². The van der Waals surface area contributed by atoms with Gasteiger partial charge in [0, 0.05) is 0 Å². The Balaban J connectivity index is 2.42. The minimum Gasteiger partial charge on any atom is -0.0654 e. The Morgan fingerprint density at radius 3 is 2.22 bits per heavy atom. The number of hydrogen-bond donors (Lipinski definition) is 0. The van der Waals surface area contributed by atoms with Crippen molar-refractivity contribution in [2.24, 2.45) is 0 Å². The van der Waals surface area contributed by atoms with Crippen LogP contribution < -0.4 is 0 Å². The summed E-state index contributed by atoms with van der Waals surface area (Å²) >= 11 is 0. The van der Waals surface area contributed by atoms with Crippen molar-refractivity contribution < 1.29 is 0 Å². The van der Waals surface area contributed by atoms with Gasteiger partial charge in [0.1, 0.15) is 0 Å². The number of hydrogen-bond acceptors (Lipinski definition) is 0. The molecule has 0 spiro atoms. The number of rotatable bonds is 6. The smallest absolute Gasteiger partial charge is 0.00989 e. The number of benzene rings is 2. The lowest BCUT2D eigenvalue weighted by Crippen LogP contribution is -1.93. The zero-order valence-electron chi connectivity index (χ0n) is 11.6. The molecule has 0 amide bonds. The minimum absolute atomic E-state index is 1.20. The Kier molecular flexibility index (Phi) is 4.81. The summed E-state index contributed by atoms with van der Waals surface area (Å²) in [4.78, 5) is 0. The highest BCUT2D eigenvalue weighted by Crippen LogP contribution is 2.25. The number of fused-ring (bicyclic) bond motifs is 1. The van der Waals surface area contributed by atoms with Crippen LogP contribution in [0.3, 0.4) is 0 Å². The fourth-order valence-corrected chi connectivity index (χ4v) is 2.57. The summed E-state index contributed by atoms with van der Waals surface area (Å²) in [6.07, 6.45) is 7.48. The molecule has 18 heavy (non-hydrogen) atoms. The number of aryl methyl sites for hydroxylation is 2. The van der Waals surface area contributed by atoms with Gasteiger partial charge in [-0.2, -0.15) is 0 Å². The summed E-state index contributed by atoms with van der Waals surface area (Å²) in [5.41, 5.74) is 3.02. The standard InChI is InChI=1S/C18H23/c1-3-5-9-15-11-7-13-17-14-8-12-16(18(15)17)10-6-4-2/h7-8,11-13H,3-6,9-10H2,1-2H3. The van der Waals surface area contributed by atoms with Crippen LogP contribution in [0.4, 0.5) is 0 Å². The molecule has 1 radical (unpaired) electrons. The third-order valence-electron chi connectivity index (χ3n) is 3.59. The zero-order valence-corrected chi connectivity index (χ0v) is 11.6. The molecule has 0 heteroatoms. The molecule has 2 aromatic rings. The average Bonchev–Trinajstić information content (AvgIpc) is 2.42. The quantitative estimate of drug-likeness (QED) is 0.639. The van der Waals surface area contributed by atoms with Crippen molar-refractivity contribution in [3.8, 4) is 0 Å². The average molecular weight is 239 g/mol. The largest absolute Gasteiger partial charge is 0.0654 e. The normalized spacial score (nSPS) is 11.0. The third-order valence-corrected chi connectivity index (χ3v) is 3.59. The molecular weight excluding hydrogens is 216 g/mol. The lowest BCUT2D eigenvalue weighted by atomic mass is 9.94. The maximum Gasteiger partial charge on any atom is -0.00989 e. The van der Waals surface area contributed by atoms with Crippen molar-refractivity contribution in [1.82, 2.24) is 0 Å². The van der Waals surface area contributed by atoms with Gasteiger partial charge in [-0.15, -0.1) is 0 Å². The molecule has 0 saturated heterocycles. The molecule has 0 fully saturated rings. The van der Waals surface area contributed by atoms with Crippen LogP contribution in [0.25, 0.3) is 10.8 Å². The van der Waals surface area contributed by atoms with E-state index in [-0.39, 0.29) is 0 Å². The second-order valence-corrected chi connectivity index (χ2v) is 5.05. The van der Waals surface area contributed by atoms with Gasteiger partial charge in [0.2, 0.25) is 0 Å². The summed E-state index contributed by atoms with van der Waals surface area (Å²) in [6, 6.07) is 14.4. The van der Waals surface area contributed by atoms with Gasteiger partial charge >= 0.3 is 0 Å². The second kappa shape index (κ2) is 6.58. The van der Waals surface area contributed by atoms with Gasteiger partial charge in [-0.1, -0.05) is 57.0 Å². The van der Waals surface area contributed by atoms with E-state index < -0.39 is 0 Å². The summed E-state index contributed by atoms with van der Waals surface area (Å²) < 4.78 is 0. The first kappa shape index (κ1) is 13.1. The van der Waals surface area contributed by atoms with E-state index in [0.29, 0.717) is 0 Å². The van der Waals surface area contributed by atoms with Crippen molar-refractivity contribution in [3.63, 3.8) is 0 Å². The molecule has 0 nitrogen and oxygen atoms in total. The maximum atomic E-state index is 3.38. The molecule has 0 bridgehead atoms. The first-order valence-electron chi connectivity index (χ1n) is 7.28. The van der Waals surface area contributed by atoms with Crippen LogP contribution in [0.2, 0.25) is 0 Å². The summed E-state index contributed by atoms with van der Waals surface area (Å²) in [7, 11) is 0. The molecule has 0 aromatic heterocycles. The highest BCUT2D eigenvalue weighted by molar-refractivity contribution is 5.88. The van der Waals surface area contributed by atoms with Crippen LogP contribution in [0.5, 0.6) is 0 Å². The Hall–Kier alpha value is -1.30. The van der Waals surface area contributed by atoms with E-state index in [4.69, 9.17) is 0 Å². The zero-order chi connectivity index (χ0) is 12.8. The van der Waals surface area contributed by atoms with E-state index in [1.54, 1.807) is 0 Å². The first-order valence-corrected chi connectivity index (χ1v) is 7.28. The molecule has 0 aliphatic carbocycles. The molecule has 2 aromatic carbocycles. The Morgan fingerprint density at radius 1 is 0.889 bits per heavy atom. The van der Waals surface area contributed by atoms with Crippen molar-refractivity contribution in [3.05, 3.63) is 47.5 Å². The fraction of sp³-hybridized carbons (Fsp3) is 0.444. The van der Waals surface area contributed by atoms with Crippen molar-refractivity contribution in [2.45, 2.75) is 52.4 Å². The molecule has 0 saturated carbocycles. The van der Waals surface area contributed by atoms with E-state index in [1.807, 2.05) is 0 Å². The Morgan fingerprint density at radius 2 is 1.56 bits per heavy atom. The molecule has 0 atom stereocenters. The SMILES string of the molecule is CCCCc1cc[c]c2cccc(CCCC)c12. The van der Waals surface area contributed by atoms with Crippen LogP contribution in [-0.4, -0.2) is 0 Å². The van der Waals surface area contributed by atoms with Gasteiger partial charge < -0.3 is 0 Å². The highest BCUT2D eigenvalue weighted by atomic mass is 14.1. The molecule has 0 aliphatic rings. The van der Waals surface area contributed by atoms with Gasteiger partial charge in [0.05, 0.1) is 0 Å². The van der Waals surface area contributed by atoms with Crippen molar-refractivity contribution in [1.29, 1.82) is 0 Å². The molecular formula is C18H23. The highest BCUT2D eigenvalue weighted by Gasteiger charge is 2.05. The predicted octanol–water partition coefficient (Wildman–Crippen LogP) is 5.33. The molecule has 2 rings (SSSR count). The number of unbranched alkanes of at least 4 members (excludes halogenated alkanes) is 2. The third kappa shape index (κ3) is 2.93. The van der Waals surface area contributed by atoms with Crippen molar-refractivity contribution in [2.75, 3.05) is 0 Å². The Labute approximate surface area is 111 Å².